The first-order valence-electron chi connectivity index (χ1n) is 10.1. The molecule has 1 saturated carbocycles. The van der Waals surface area contributed by atoms with Crippen molar-refractivity contribution in [3.8, 4) is 0 Å². The number of carbonyl (C=O) groups is 1. The minimum atomic E-state index is -0.213. The first-order chi connectivity index (χ1) is 13.2. The molecule has 1 atom stereocenters. The van der Waals surface area contributed by atoms with E-state index in [0.29, 0.717) is 0 Å². The first-order valence-corrected chi connectivity index (χ1v) is 10.1. The normalized spacial score (nSPS) is 24.8. The van der Waals surface area contributed by atoms with E-state index >= 15 is 0 Å². The molecule has 6 heteroatoms. The summed E-state index contributed by atoms with van der Waals surface area (Å²) in [6, 6.07) is 10.8. The molecule has 1 aliphatic carbocycles. The molecule has 0 bridgehead atoms. The smallest absolute Gasteiger partial charge is 0.251 e. The van der Waals surface area contributed by atoms with Crippen LogP contribution in [0.5, 0.6) is 0 Å². The van der Waals surface area contributed by atoms with Crippen LogP contribution in [0.15, 0.2) is 35.3 Å². The number of hydrogen-bond acceptors (Lipinski definition) is 3. The van der Waals surface area contributed by atoms with Crippen LogP contribution in [0.25, 0.3) is 0 Å². The first kappa shape index (κ1) is 18.3. The fourth-order valence-electron chi connectivity index (χ4n) is 4.21. The van der Waals surface area contributed by atoms with E-state index < -0.39 is 0 Å². The molecule has 146 valence electrons. The Morgan fingerprint density at radius 1 is 1.19 bits per heavy atom. The molecule has 1 aromatic rings. The van der Waals surface area contributed by atoms with E-state index in [1.54, 1.807) is 0 Å². The standard InChI is InChI=1S/C21H30N4O2/c1-22-20(23-16-21(9-10-21)17-6-3-2-4-7-17)25-13-11-24(12-14-25)19(26)18-8-5-15-27-18/h2-4,6-7,18H,5,8-16H2,1H3,(H,22,23). The van der Waals surface area contributed by atoms with Crippen LogP contribution in [0.4, 0.5) is 0 Å². The summed E-state index contributed by atoms with van der Waals surface area (Å²) < 4.78 is 5.55. The number of amides is 1. The van der Waals surface area contributed by atoms with Crippen LogP contribution in [0.1, 0.15) is 31.2 Å². The van der Waals surface area contributed by atoms with Crippen molar-refractivity contribution in [1.82, 2.24) is 15.1 Å². The predicted molar refractivity (Wildman–Crippen MR) is 106 cm³/mol. The number of ether oxygens (including phenoxy) is 1. The fourth-order valence-corrected chi connectivity index (χ4v) is 4.21. The van der Waals surface area contributed by atoms with Crippen molar-refractivity contribution in [2.45, 2.75) is 37.2 Å². The summed E-state index contributed by atoms with van der Waals surface area (Å²) in [6.07, 6.45) is 4.10. The lowest BCUT2D eigenvalue weighted by atomic mass is 9.96. The van der Waals surface area contributed by atoms with E-state index in [4.69, 9.17) is 4.74 Å². The largest absolute Gasteiger partial charge is 0.368 e. The number of guanidine groups is 1. The molecule has 0 radical (unpaired) electrons. The molecule has 3 fully saturated rings. The van der Waals surface area contributed by atoms with E-state index in [0.717, 1.165) is 58.1 Å². The van der Waals surface area contributed by atoms with Gasteiger partial charge in [0.2, 0.25) is 0 Å². The molecule has 27 heavy (non-hydrogen) atoms. The number of hydrogen-bond donors (Lipinski definition) is 1. The molecular formula is C21H30N4O2. The number of benzene rings is 1. The van der Waals surface area contributed by atoms with Crippen molar-refractivity contribution in [3.05, 3.63) is 35.9 Å². The zero-order chi connectivity index (χ0) is 18.7. The predicted octanol–water partition coefficient (Wildman–Crippen LogP) is 1.62. The topological polar surface area (TPSA) is 57.2 Å². The van der Waals surface area contributed by atoms with Gasteiger partial charge in [0, 0.05) is 51.8 Å². The molecule has 3 aliphatic rings. The Kier molecular flexibility index (Phi) is 5.34. The Hall–Kier alpha value is -2.08. The summed E-state index contributed by atoms with van der Waals surface area (Å²) in [5.74, 6) is 1.11. The Balaban J connectivity index is 1.29. The third-order valence-corrected chi connectivity index (χ3v) is 6.13. The highest BCUT2D eigenvalue weighted by molar-refractivity contribution is 5.83. The summed E-state index contributed by atoms with van der Waals surface area (Å²) in [5, 5.41) is 3.59. The zero-order valence-electron chi connectivity index (χ0n) is 16.2. The summed E-state index contributed by atoms with van der Waals surface area (Å²) in [7, 11) is 1.84. The van der Waals surface area contributed by atoms with Crippen LogP contribution in [-0.2, 0) is 14.9 Å². The van der Waals surface area contributed by atoms with E-state index in [1.807, 2.05) is 11.9 Å². The summed E-state index contributed by atoms with van der Waals surface area (Å²) in [5.41, 5.74) is 1.68. The third-order valence-electron chi connectivity index (χ3n) is 6.13. The van der Waals surface area contributed by atoms with Crippen LogP contribution in [0, 0.1) is 0 Å². The van der Waals surface area contributed by atoms with Crippen LogP contribution < -0.4 is 5.32 Å². The highest BCUT2D eigenvalue weighted by Crippen LogP contribution is 2.47. The summed E-state index contributed by atoms with van der Waals surface area (Å²) in [6.45, 7) is 4.74. The van der Waals surface area contributed by atoms with Crippen LogP contribution in [0.2, 0.25) is 0 Å². The van der Waals surface area contributed by atoms with Gasteiger partial charge in [0.25, 0.3) is 5.91 Å². The van der Waals surface area contributed by atoms with E-state index in [9.17, 15) is 4.79 Å². The zero-order valence-corrected chi connectivity index (χ0v) is 16.2. The molecule has 1 unspecified atom stereocenters. The second-order valence-electron chi connectivity index (χ2n) is 7.86. The Labute approximate surface area is 161 Å². The summed E-state index contributed by atoms with van der Waals surface area (Å²) >= 11 is 0. The maximum atomic E-state index is 12.5. The van der Waals surface area contributed by atoms with Crippen molar-refractivity contribution in [3.63, 3.8) is 0 Å². The lowest BCUT2D eigenvalue weighted by molar-refractivity contribution is -0.142. The molecule has 1 aromatic carbocycles. The van der Waals surface area contributed by atoms with Gasteiger partial charge < -0.3 is 19.9 Å². The molecule has 0 spiro atoms. The van der Waals surface area contributed by atoms with Gasteiger partial charge in [-0.15, -0.1) is 0 Å². The molecule has 2 aliphatic heterocycles. The van der Waals surface area contributed by atoms with Gasteiger partial charge in [-0.1, -0.05) is 30.3 Å². The van der Waals surface area contributed by atoms with Crippen LogP contribution >= 0.6 is 0 Å². The quantitative estimate of drug-likeness (QED) is 0.646. The molecule has 2 saturated heterocycles. The van der Waals surface area contributed by atoms with Crippen molar-refractivity contribution >= 4 is 11.9 Å². The molecule has 2 heterocycles. The molecule has 4 rings (SSSR count). The average Bonchev–Trinajstić information content (AvgIpc) is 3.32. The number of rotatable bonds is 4. The maximum absolute atomic E-state index is 12.5. The lowest BCUT2D eigenvalue weighted by Crippen LogP contribution is -2.55. The van der Waals surface area contributed by atoms with Gasteiger partial charge in [0.1, 0.15) is 6.10 Å². The Morgan fingerprint density at radius 2 is 1.89 bits per heavy atom. The molecule has 1 amide bonds. The molecule has 6 nitrogen and oxygen atoms in total. The number of aliphatic imine (C=N–C) groups is 1. The van der Waals surface area contributed by atoms with Crippen molar-refractivity contribution in [2.75, 3.05) is 46.4 Å². The minimum absolute atomic E-state index is 0.163. The van der Waals surface area contributed by atoms with Crippen molar-refractivity contribution in [1.29, 1.82) is 0 Å². The average molecular weight is 370 g/mol. The monoisotopic (exact) mass is 370 g/mol. The number of piperazine rings is 1. The number of carbonyl (C=O) groups excluding carboxylic acids is 1. The second-order valence-corrected chi connectivity index (χ2v) is 7.86. The van der Waals surface area contributed by atoms with E-state index in [1.165, 1.54) is 18.4 Å². The Morgan fingerprint density at radius 3 is 2.48 bits per heavy atom. The van der Waals surface area contributed by atoms with Gasteiger partial charge >= 0.3 is 0 Å². The maximum Gasteiger partial charge on any atom is 0.251 e. The highest BCUT2D eigenvalue weighted by atomic mass is 16.5. The number of nitrogens with one attached hydrogen (secondary N) is 1. The minimum Gasteiger partial charge on any atom is -0.368 e. The summed E-state index contributed by atoms with van der Waals surface area (Å²) in [4.78, 5) is 21.2. The number of nitrogens with zero attached hydrogens (tertiary/aromatic N) is 3. The van der Waals surface area contributed by atoms with Gasteiger partial charge in [0.05, 0.1) is 0 Å². The van der Waals surface area contributed by atoms with Crippen LogP contribution in [-0.4, -0.2) is 74.1 Å². The second kappa shape index (κ2) is 7.89. The van der Waals surface area contributed by atoms with Gasteiger partial charge in [-0.25, -0.2) is 0 Å². The molecular weight excluding hydrogens is 340 g/mol. The van der Waals surface area contributed by atoms with Crippen molar-refractivity contribution in [2.24, 2.45) is 4.99 Å². The van der Waals surface area contributed by atoms with E-state index in [-0.39, 0.29) is 17.4 Å². The molecule has 0 aromatic heterocycles. The molecule has 1 N–H and O–H groups in total. The van der Waals surface area contributed by atoms with E-state index in [2.05, 4.69) is 45.5 Å². The highest BCUT2D eigenvalue weighted by Gasteiger charge is 2.44. The van der Waals surface area contributed by atoms with Crippen LogP contribution in [0.3, 0.4) is 0 Å². The van der Waals surface area contributed by atoms with Gasteiger partial charge in [-0.3, -0.25) is 9.79 Å². The Bertz CT molecular complexity index is 673. The van der Waals surface area contributed by atoms with Gasteiger partial charge in [-0.2, -0.15) is 0 Å². The van der Waals surface area contributed by atoms with Gasteiger partial charge in [0.15, 0.2) is 5.96 Å². The third kappa shape index (κ3) is 3.95. The SMILES string of the molecule is CN=C(NCC1(c2ccccc2)CC1)N1CCN(C(=O)C2CCCO2)CC1. The van der Waals surface area contributed by atoms with Crippen molar-refractivity contribution < 1.29 is 9.53 Å². The van der Waals surface area contributed by atoms with Gasteiger partial charge in [-0.05, 0) is 31.2 Å². The lowest BCUT2D eigenvalue weighted by Gasteiger charge is -2.37. The fraction of sp³-hybridized carbons (Fsp3) is 0.619.